The lowest BCUT2D eigenvalue weighted by atomic mass is 9.75. The summed E-state index contributed by atoms with van der Waals surface area (Å²) in [5, 5.41) is 0. The number of benzene rings is 1. The lowest BCUT2D eigenvalue weighted by Gasteiger charge is -2.31. The van der Waals surface area contributed by atoms with Crippen LogP contribution in [-0.4, -0.2) is 6.67 Å². The molecule has 0 aliphatic heterocycles. The molecule has 0 aromatic heterocycles. The maximum atomic E-state index is 13.0. The Hall–Kier alpha value is -0.890. The van der Waals surface area contributed by atoms with Gasteiger partial charge in [-0.25, -0.2) is 0 Å². The number of hydrogen-bond acceptors (Lipinski definition) is 1. The number of rotatable bonds is 3. The fourth-order valence-electron chi connectivity index (χ4n) is 2.88. The number of nitrogens with two attached hydrogens (primary N) is 1. The van der Waals surface area contributed by atoms with Crippen molar-refractivity contribution in [1.29, 1.82) is 0 Å². The van der Waals surface area contributed by atoms with E-state index in [0.29, 0.717) is 12.5 Å². The summed E-state index contributed by atoms with van der Waals surface area (Å²) in [5.41, 5.74) is 8.22. The molecule has 2 atom stereocenters. The molecule has 2 heteroatoms. The Morgan fingerprint density at radius 2 is 1.94 bits per heavy atom. The van der Waals surface area contributed by atoms with Gasteiger partial charge in [0, 0.05) is 6.54 Å². The molecule has 1 saturated carbocycles. The quantitative estimate of drug-likeness (QED) is 0.832. The van der Waals surface area contributed by atoms with Crippen molar-refractivity contribution in [3.05, 3.63) is 35.4 Å². The average Bonchev–Trinajstić information content (AvgIpc) is 2.38. The molecule has 0 amide bonds. The second-order valence-corrected chi connectivity index (χ2v) is 4.71. The van der Waals surface area contributed by atoms with E-state index < -0.39 is 0 Å². The van der Waals surface area contributed by atoms with Gasteiger partial charge in [-0.15, -0.1) is 0 Å². The number of hydrogen-bond donors (Lipinski definition) is 1. The molecule has 0 bridgehead atoms. The molecular weight excluding hydrogens is 201 g/mol. The van der Waals surface area contributed by atoms with Gasteiger partial charge in [0.1, 0.15) is 0 Å². The predicted molar refractivity (Wildman–Crippen MR) is 65.0 cm³/mol. The zero-order valence-corrected chi connectivity index (χ0v) is 9.66. The summed E-state index contributed by atoms with van der Waals surface area (Å²) >= 11 is 0. The van der Waals surface area contributed by atoms with Crippen molar-refractivity contribution in [2.45, 2.75) is 38.1 Å². The van der Waals surface area contributed by atoms with Crippen LogP contribution in [0.25, 0.3) is 0 Å². The molecule has 1 aliphatic rings. The Bertz CT molecular complexity index is 337. The first kappa shape index (κ1) is 11.6. The molecular formula is C14H20FN. The lowest BCUT2D eigenvalue weighted by Crippen LogP contribution is -2.21. The van der Waals surface area contributed by atoms with Crippen molar-refractivity contribution in [3.8, 4) is 0 Å². The Morgan fingerprint density at radius 3 is 2.69 bits per heavy atom. The van der Waals surface area contributed by atoms with E-state index in [-0.39, 0.29) is 12.6 Å². The third kappa shape index (κ3) is 2.27. The minimum Gasteiger partial charge on any atom is -0.326 e. The van der Waals surface area contributed by atoms with Crippen LogP contribution < -0.4 is 5.73 Å². The molecule has 0 saturated heterocycles. The zero-order valence-electron chi connectivity index (χ0n) is 9.66. The van der Waals surface area contributed by atoms with Crippen LogP contribution in [0.2, 0.25) is 0 Å². The Balaban J connectivity index is 2.26. The maximum Gasteiger partial charge on any atom is 0.0928 e. The Kier molecular flexibility index (Phi) is 3.94. The van der Waals surface area contributed by atoms with Crippen LogP contribution in [-0.2, 0) is 6.54 Å². The highest BCUT2D eigenvalue weighted by Gasteiger charge is 2.27. The van der Waals surface area contributed by atoms with Gasteiger partial charge in [-0.3, -0.25) is 4.39 Å². The van der Waals surface area contributed by atoms with Gasteiger partial charge >= 0.3 is 0 Å². The van der Waals surface area contributed by atoms with E-state index in [9.17, 15) is 4.39 Å². The predicted octanol–water partition coefficient (Wildman–Crippen LogP) is 3.39. The summed E-state index contributed by atoms with van der Waals surface area (Å²) in [7, 11) is 0. The Labute approximate surface area is 96.9 Å². The van der Waals surface area contributed by atoms with E-state index in [4.69, 9.17) is 5.73 Å². The van der Waals surface area contributed by atoms with Crippen LogP contribution in [0.1, 0.15) is 42.7 Å². The van der Waals surface area contributed by atoms with Crippen LogP contribution >= 0.6 is 0 Å². The molecule has 2 N–H and O–H groups in total. The van der Waals surface area contributed by atoms with Crippen molar-refractivity contribution in [1.82, 2.24) is 0 Å². The maximum absolute atomic E-state index is 13.0. The lowest BCUT2D eigenvalue weighted by molar-refractivity contribution is 0.244. The molecule has 0 radical (unpaired) electrons. The second-order valence-electron chi connectivity index (χ2n) is 4.71. The molecule has 2 unspecified atom stereocenters. The van der Waals surface area contributed by atoms with Crippen LogP contribution in [0.5, 0.6) is 0 Å². The molecule has 1 aliphatic carbocycles. The van der Waals surface area contributed by atoms with Crippen molar-refractivity contribution < 1.29 is 4.39 Å². The van der Waals surface area contributed by atoms with Crippen molar-refractivity contribution >= 4 is 0 Å². The van der Waals surface area contributed by atoms with Crippen LogP contribution in [0.15, 0.2) is 24.3 Å². The minimum absolute atomic E-state index is 0.191. The normalized spacial score (nSPS) is 25.6. The fourth-order valence-corrected chi connectivity index (χ4v) is 2.88. The summed E-state index contributed by atoms with van der Waals surface area (Å²) in [4.78, 5) is 0. The molecule has 1 fully saturated rings. The van der Waals surface area contributed by atoms with E-state index in [1.165, 1.54) is 24.0 Å². The average molecular weight is 221 g/mol. The highest BCUT2D eigenvalue weighted by Crippen LogP contribution is 2.39. The molecule has 0 spiro atoms. The van der Waals surface area contributed by atoms with Gasteiger partial charge < -0.3 is 5.73 Å². The standard InChI is InChI=1S/C14H20FN/c15-9-11-5-1-3-7-13(11)14-8-4-2-6-12(14)10-16/h2,4,6,8,11,13H,1,3,5,7,9-10,16H2. The highest BCUT2D eigenvalue weighted by molar-refractivity contribution is 5.31. The number of alkyl halides is 1. The summed E-state index contributed by atoms with van der Waals surface area (Å²) in [5.74, 6) is 0.597. The van der Waals surface area contributed by atoms with E-state index in [1.54, 1.807) is 0 Å². The molecule has 1 aromatic carbocycles. The van der Waals surface area contributed by atoms with Gasteiger partial charge in [-0.05, 0) is 35.8 Å². The first-order valence-electron chi connectivity index (χ1n) is 6.20. The van der Waals surface area contributed by atoms with Crippen molar-refractivity contribution in [2.24, 2.45) is 11.7 Å². The Morgan fingerprint density at radius 1 is 1.19 bits per heavy atom. The summed E-state index contributed by atoms with van der Waals surface area (Å²) in [6.07, 6.45) is 4.54. The largest absolute Gasteiger partial charge is 0.326 e. The van der Waals surface area contributed by atoms with Gasteiger partial charge in [0.05, 0.1) is 6.67 Å². The van der Waals surface area contributed by atoms with Gasteiger partial charge in [-0.1, -0.05) is 37.1 Å². The summed E-state index contributed by atoms with van der Waals surface area (Å²) < 4.78 is 13.0. The van der Waals surface area contributed by atoms with Gasteiger partial charge in [0.25, 0.3) is 0 Å². The summed E-state index contributed by atoms with van der Waals surface area (Å²) in [6.45, 7) is 0.370. The second kappa shape index (κ2) is 5.44. The highest BCUT2D eigenvalue weighted by atomic mass is 19.1. The van der Waals surface area contributed by atoms with E-state index in [1.807, 2.05) is 12.1 Å². The van der Waals surface area contributed by atoms with Crippen LogP contribution in [0.4, 0.5) is 4.39 Å². The van der Waals surface area contributed by atoms with Gasteiger partial charge in [0.2, 0.25) is 0 Å². The molecule has 1 nitrogen and oxygen atoms in total. The molecule has 16 heavy (non-hydrogen) atoms. The molecule has 0 heterocycles. The van der Waals surface area contributed by atoms with Gasteiger partial charge in [-0.2, -0.15) is 0 Å². The smallest absolute Gasteiger partial charge is 0.0928 e. The van der Waals surface area contributed by atoms with Crippen LogP contribution in [0.3, 0.4) is 0 Å². The third-order valence-corrected chi connectivity index (χ3v) is 3.78. The van der Waals surface area contributed by atoms with Crippen molar-refractivity contribution in [2.75, 3.05) is 6.67 Å². The van der Waals surface area contributed by atoms with E-state index in [2.05, 4.69) is 12.1 Å². The molecule has 2 rings (SSSR count). The molecule has 1 aromatic rings. The van der Waals surface area contributed by atoms with E-state index in [0.717, 1.165) is 12.8 Å². The van der Waals surface area contributed by atoms with Crippen LogP contribution in [0, 0.1) is 5.92 Å². The van der Waals surface area contributed by atoms with Gasteiger partial charge in [0.15, 0.2) is 0 Å². The van der Waals surface area contributed by atoms with Crippen molar-refractivity contribution in [3.63, 3.8) is 0 Å². The van der Waals surface area contributed by atoms with E-state index >= 15 is 0 Å². The third-order valence-electron chi connectivity index (χ3n) is 3.78. The zero-order chi connectivity index (χ0) is 11.4. The first-order chi connectivity index (χ1) is 7.86. The topological polar surface area (TPSA) is 26.0 Å². The fraction of sp³-hybridized carbons (Fsp3) is 0.571. The number of halogens is 1. The molecule has 88 valence electrons. The summed E-state index contributed by atoms with van der Waals surface area (Å²) in [6, 6.07) is 8.25. The minimum atomic E-state index is -0.191. The first-order valence-corrected chi connectivity index (χ1v) is 6.20. The SMILES string of the molecule is NCc1ccccc1C1CCCCC1CF. The monoisotopic (exact) mass is 221 g/mol.